The average Bonchev–Trinajstić information content (AvgIpc) is 2.61. The molecule has 0 saturated heterocycles. The van der Waals surface area contributed by atoms with E-state index in [1.165, 1.54) is 0 Å². The number of methoxy groups -OCH3 is 1. The predicted molar refractivity (Wildman–Crippen MR) is 100 cm³/mol. The molecule has 2 rings (SSSR count). The van der Waals surface area contributed by atoms with Crippen molar-refractivity contribution in [3.05, 3.63) is 64.7 Å². The van der Waals surface area contributed by atoms with Crippen molar-refractivity contribution in [3.63, 3.8) is 0 Å². The summed E-state index contributed by atoms with van der Waals surface area (Å²) in [5, 5.41) is 9.39. The first-order chi connectivity index (χ1) is 12.5. The van der Waals surface area contributed by atoms with E-state index in [4.69, 9.17) is 21.4 Å². The number of carboxylic acid groups (broad SMARTS) is 1. The van der Waals surface area contributed by atoms with E-state index < -0.39 is 5.97 Å². The molecule has 0 radical (unpaired) electrons. The van der Waals surface area contributed by atoms with E-state index in [0.717, 1.165) is 5.56 Å². The van der Waals surface area contributed by atoms with Crippen molar-refractivity contribution in [2.24, 2.45) is 0 Å². The number of nitrogens with zero attached hydrogens (tertiary/aromatic N) is 1. The highest BCUT2D eigenvalue weighted by atomic mass is 35.5. The van der Waals surface area contributed by atoms with Crippen LogP contribution < -0.4 is 4.74 Å². The largest absolute Gasteiger partial charge is 0.496 e. The van der Waals surface area contributed by atoms with E-state index in [9.17, 15) is 9.59 Å². The Kier molecular flexibility index (Phi) is 7.48. The molecule has 0 bridgehead atoms. The summed E-state index contributed by atoms with van der Waals surface area (Å²) < 4.78 is 5.30. The zero-order valence-corrected chi connectivity index (χ0v) is 15.4. The number of amides is 1. The third kappa shape index (κ3) is 6.08. The summed E-state index contributed by atoms with van der Waals surface area (Å²) in [6.07, 6.45) is 0.573. The number of hydrogen-bond acceptors (Lipinski definition) is 3. The van der Waals surface area contributed by atoms with Crippen LogP contribution in [-0.2, 0) is 22.6 Å². The number of carbonyl (C=O) groups is 2. The van der Waals surface area contributed by atoms with Gasteiger partial charge < -0.3 is 14.7 Å². The van der Waals surface area contributed by atoms with Crippen LogP contribution in [0, 0.1) is 0 Å². The van der Waals surface area contributed by atoms with Crippen LogP contribution in [-0.4, -0.2) is 35.5 Å². The van der Waals surface area contributed by atoms with Crippen LogP contribution in [0.4, 0.5) is 0 Å². The number of rotatable bonds is 9. The lowest BCUT2D eigenvalue weighted by molar-refractivity contribution is -0.138. The second-order valence-corrected chi connectivity index (χ2v) is 6.37. The highest BCUT2D eigenvalue weighted by molar-refractivity contribution is 6.30. The van der Waals surface area contributed by atoms with Crippen LogP contribution in [0.3, 0.4) is 0 Å². The summed E-state index contributed by atoms with van der Waals surface area (Å²) in [4.78, 5) is 25.3. The molecule has 2 aromatic carbocycles. The monoisotopic (exact) mass is 375 g/mol. The Balaban J connectivity index is 2.13. The van der Waals surface area contributed by atoms with Crippen LogP contribution in [0.2, 0.25) is 5.02 Å². The number of aliphatic carboxylic acids is 1. The van der Waals surface area contributed by atoms with Gasteiger partial charge in [-0.1, -0.05) is 41.9 Å². The van der Waals surface area contributed by atoms with Gasteiger partial charge in [-0.25, -0.2) is 0 Å². The van der Waals surface area contributed by atoms with Gasteiger partial charge in [0.2, 0.25) is 5.91 Å². The van der Waals surface area contributed by atoms with Gasteiger partial charge in [0.1, 0.15) is 5.75 Å². The highest BCUT2D eigenvalue weighted by Crippen LogP contribution is 2.24. The minimum Gasteiger partial charge on any atom is -0.496 e. The maximum Gasteiger partial charge on any atom is 0.303 e. The minimum absolute atomic E-state index is 0.0268. The Morgan fingerprint density at radius 2 is 1.88 bits per heavy atom. The smallest absolute Gasteiger partial charge is 0.303 e. The SMILES string of the molecule is COc1ccc(Cl)cc1CC(=O)N(CCCC(=O)O)Cc1ccccc1. The number of benzene rings is 2. The first-order valence-corrected chi connectivity index (χ1v) is 8.73. The number of carboxylic acids is 1. The Bertz CT molecular complexity index is 749. The normalized spacial score (nSPS) is 10.4. The Hall–Kier alpha value is -2.53. The quantitative estimate of drug-likeness (QED) is 0.724. The lowest BCUT2D eigenvalue weighted by Gasteiger charge is -2.23. The predicted octanol–water partition coefficient (Wildman–Crippen LogP) is 3.78. The zero-order valence-electron chi connectivity index (χ0n) is 14.7. The molecular weight excluding hydrogens is 354 g/mol. The van der Waals surface area contributed by atoms with Gasteiger partial charge >= 0.3 is 5.97 Å². The third-order valence-corrected chi connectivity index (χ3v) is 4.21. The maximum atomic E-state index is 12.9. The fourth-order valence-electron chi connectivity index (χ4n) is 2.68. The fourth-order valence-corrected chi connectivity index (χ4v) is 2.87. The van der Waals surface area contributed by atoms with Crippen molar-refractivity contribution in [1.29, 1.82) is 0 Å². The molecule has 0 aliphatic carbocycles. The van der Waals surface area contributed by atoms with Crippen molar-refractivity contribution in [2.75, 3.05) is 13.7 Å². The molecule has 0 atom stereocenters. The zero-order chi connectivity index (χ0) is 18.9. The van der Waals surface area contributed by atoms with E-state index in [0.29, 0.717) is 35.8 Å². The van der Waals surface area contributed by atoms with Crippen LogP contribution in [0.5, 0.6) is 5.75 Å². The highest BCUT2D eigenvalue weighted by Gasteiger charge is 2.17. The molecule has 0 saturated carbocycles. The first-order valence-electron chi connectivity index (χ1n) is 8.35. The van der Waals surface area contributed by atoms with Crippen LogP contribution in [0.1, 0.15) is 24.0 Å². The van der Waals surface area contributed by atoms with Gasteiger partial charge in [0.05, 0.1) is 13.5 Å². The van der Waals surface area contributed by atoms with Gasteiger partial charge in [-0.05, 0) is 30.2 Å². The summed E-state index contributed by atoms with van der Waals surface area (Å²) in [6.45, 7) is 0.811. The summed E-state index contributed by atoms with van der Waals surface area (Å²) in [5.41, 5.74) is 1.70. The molecular formula is C20H22ClNO4. The maximum absolute atomic E-state index is 12.9. The summed E-state index contributed by atoms with van der Waals surface area (Å²) in [7, 11) is 1.55. The molecule has 0 fully saturated rings. The molecule has 0 aliphatic rings. The molecule has 26 heavy (non-hydrogen) atoms. The lowest BCUT2D eigenvalue weighted by atomic mass is 10.1. The molecule has 1 amide bonds. The Morgan fingerprint density at radius 1 is 1.15 bits per heavy atom. The van der Waals surface area contributed by atoms with Crippen LogP contribution >= 0.6 is 11.6 Å². The Labute approximate surface area is 158 Å². The van der Waals surface area contributed by atoms with Crippen LogP contribution in [0.25, 0.3) is 0 Å². The minimum atomic E-state index is -0.867. The Morgan fingerprint density at radius 3 is 2.54 bits per heavy atom. The van der Waals surface area contributed by atoms with Crippen molar-refractivity contribution in [2.45, 2.75) is 25.8 Å². The van der Waals surface area contributed by atoms with E-state index >= 15 is 0 Å². The number of carbonyl (C=O) groups excluding carboxylic acids is 1. The molecule has 0 unspecified atom stereocenters. The molecule has 2 aromatic rings. The fraction of sp³-hybridized carbons (Fsp3) is 0.300. The van der Waals surface area contributed by atoms with Gasteiger partial charge in [0, 0.05) is 30.1 Å². The van der Waals surface area contributed by atoms with E-state index in [-0.39, 0.29) is 18.7 Å². The number of hydrogen-bond donors (Lipinski definition) is 1. The second kappa shape index (κ2) is 9.82. The summed E-state index contributed by atoms with van der Waals surface area (Å²) in [6, 6.07) is 14.8. The third-order valence-electron chi connectivity index (χ3n) is 3.97. The molecule has 0 spiro atoms. The standard InChI is InChI=1S/C20H22ClNO4/c1-26-18-10-9-17(21)12-16(18)13-19(23)22(11-5-8-20(24)25)14-15-6-3-2-4-7-15/h2-4,6-7,9-10,12H,5,8,11,13-14H2,1H3,(H,24,25). The molecule has 0 heterocycles. The van der Waals surface area contributed by atoms with E-state index in [2.05, 4.69) is 0 Å². The average molecular weight is 376 g/mol. The summed E-state index contributed by atoms with van der Waals surface area (Å²) in [5.74, 6) is -0.360. The summed E-state index contributed by atoms with van der Waals surface area (Å²) >= 11 is 6.04. The van der Waals surface area contributed by atoms with Crippen molar-refractivity contribution < 1.29 is 19.4 Å². The molecule has 0 aliphatic heterocycles. The van der Waals surface area contributed by atoms with Crippen molar-refractivity contribution >= 4 is 23.5 Å². The molecule has 138 valence electrons. The molecule has 5 nitrogen and oxygen atoms in total. The van der Waals surface area contributed by atoms with E-state index in [1.807, 2.05) is 30.3 Å². The molecule has 1 N–H and O–H groups in total. The molecule has 6 heteroatoms. The van der Waals surface area contributed by atoms with Gasteiger partial charge in [-0.3, -0.25) is 9.59 Å². The second-order valence-electron chi connectivity index (χ2n) is 5.93. The van der Waals surface area contributed by atoms with Crippen molar-refractivity contribution in [3.8, 4) is 5.75 Å². The lowest BCUT2D eigenvalue weighted by Crippen LogP contribution is -2.33. The van der Waals surface area contributed by atoms with E-state index in [1.54, 1.807) is 30.2 Å². The topological polar surface area (TPSA) is 66.8 Å². The van der Waals surface area contributed by atoms with Crippen molar-refractivity contribution in [1.82, 2.24) is 4.90 Å². The number of halogens is 1. The van der Waals surface area contributed by atoms with Crippen LogP contribution in [0.15, 0.2) is 48.5 Å². The van der Waals surface area contributed by atoms with Gasteiger partial charge in [-0.15, -0.1) is 0 Å². The first kappa shape index (κ1) is 19.8. The van der Waals surface area contributed by atoms with Gasteiger partial charge in [-0.2, -0.15) is 0 Å². The van der Waals surface area contributed by atoms with Gasteiger partial charge in [0.15, 0.2) is 0 Å². The number of ether oxygens (including phenoxy) is 1. The molecule has 0 aromatic heterocycles. The van der Waals surface area contributed by atoms with Gasteiger partial charge in [0.25, 0.3) is 0 Å².